The van der Waals surface area contributed by atoms with E-state index in [1.54, 1.807) is 12.1 Å². The minimum absolute atomic E-state index is 0.0283. The number of benzene rings is 2. The summed E-state index contributed by atoms with van der Waals surface area (Å²) in [6.45, 7) is 2.03. The molecule has 4 rings (SSSR count). The summed E-state index contributed by atoms with van der Waals surface area (Å²) in [5.74, 6) is 1.00. The van der Waals surface area contributed by atoms with Gasteiger partial charge in [0.1, 0.15) is 0 Å². The molecule has 2 fully saturated rings. The third kappa shape index (κ3) is 3.46. The number of hydrogen-bond acceptors (Lipinski definition) is 3. The van der Waals surface area contributed by atoms with Gasteiger partial charge in [0.25, 0.3) is 11.8 Å². The monoisotopic (exact) mass is 400 g/mol. The number of rotatable bonds is 2. The van der Waals surface area contributed by atoms with E-state index >= 15 is 0 Å². The fourth-order valence-corrected chi connectivity index (χ4v) is 5.58. The van der Waals surface area contributed by atoms with Gasteiger partial charge in [0.2, 0.25) is 0 Å². The molecule has 2 aliphatic rings. The van der Waals surface area contributed by atoms with Gasteiger partial charge in [0, 0.05) is 31.0 Å². The molecule has 0 radical (unpaired) electrons. The standard InChI is InChI=1S/C21H21ClN2O2S/c22-18-9-5-4-8-17(18)20(26)23-12-10-21(11-13-23)24(14-15-27-21)19(25)16-6-2-1-3-7-16/h1-9H,10-15H2. The first kappa shape index (κ1) is 18.4. The quantitative estimate of drug-likeness (QED) is 0.759. The number of carbonyl (C=O) groups is 2. The molecular weight excluding hydrogens is 380 g/mol. The van der Waals surface area contributed by atoms with Crippen LogP contribution in [0.4, 0.5) is 0 Å². The molecule has 6 heteroatoms. The SMILES string of the molecule is O=C(c1ccccc1Cl)N1CCC2(CC1)SCCN2C(=O)c1ccccc1. The van der Waals surface area contributed by atoms with E-state index in [0.29, 0.717) is 23.7 Å². The number of likely N-dealkylation sites (tertiary alicyclic amines) is 1. The highest BCUT2D eigenvalue weighted by Crippen LogP contribution is 2.44. The van der Waals surface area contributed by atoms with Gasteiger partial charge < -0.3 is 9.80 Å². The zero-order chi connectivity index (χ0) is 18.9. The van der Waals surface area contributed by atoms with E-state index in [-0.39, 0.29) is 16.7 Å². The Bertz CT molecular complexity index is 850. The lowest BCUT2D eigenvalue weighted by atomic mass is 10.00. The molecule has 27 heavy (non-hydrogen) atoms. The van der Waals surface area contributed by atoms with Gasteiger partial charge in [-0.1, -0.05) is 41.9 Å². The zero-order valence-electron chi connectivity index (χ0n) is 14.9. The predicted octanol–water partition coefficient (Wildman–Crippen LogP) is 4.16. The van der Waals surface area contributed by atoms with Gasteiger partial charge in [0.05, 0.1) is 15.5 Å². The molecule has 0 N–H and O–H groups in total. The molecule has 0 bridgehead atoms. The highest BCUT2D eigenvalue weighted by molar-refractivity contribution is 8.00. The van der Waals surface area contributed by atoms with Crippen LogP contribution in [-0.4, -0.2) is 51.9 Å². The Hall–Kier alpha value is -1.98. The lowest BCUT2D eigenvalue weighted by Crippen LogP contribution is -2.53. The van der Waals surface area contributed by atoms with Crippen LogP contribution in [0, 0.1) is 0 Å². The van der Waals surface area contributed by atoms with Crippen LogP contribution in [0.5, 0.6) is 0 Å². The molecule has 0 saturated carbocycles. The van der Waals surface area contributed by atoms with Crippen molar-refractivity contribution in [3.63, 3.8) is 0 Å². The third-order valence-corrected chi connectivity index (χ3v) is 7.26. The maximum Gasteiger partial charge on any atom is 0.255 e. The van der Waals surface area contributed by atoms with E-state index in [4.69, 9.17) is 11.6 Å². The first-order chi connectivity index (χ1) is 13.1. The van der Waals surface area contributed by atoms with Crippen molar-refractivity contribution < 1.29 is 9.59 Å². The summed E-state index contributed by atoms with van der Waals surface area (Å²) in [5.41, 5.74) is 1.28. The number of carbonyl (C=O) groups excluding carboxylic acids is 2. The number of piperidine rings is 1. The van der Waals surface area contributed by atoms with Crippen molar-refractivity contribution in [3.05, 3.63) is 70.7 Å². The second-order valence-electron chi connectivity index (χ2n) is 6.89. The van der Waals surface area contributed by atoms with Crippen molar-refractivity contribution in [2.24, 2.45) is 0 Å². The van der Waals surface area contributed by atoms with Crippen LogP contribution in [0.3, 0.4) is 0 Å². The van der Waals surface area contributed by atoms with E-state index in [0.717, 1.165) is 30.7 Å². The smallest absolute Gasteiger partial charge is 0.255 e. The molecule has 2 aromatic carbocycles. The molecule has 0 atom stereocenters. The van der Waals surface area contributed by atoms with Crippen molar-refractivity contribution in [3.8, 4) is 0 Å². The van der Waals surface area contributed by atoms with Crippen LogP contribution >= 0.6 is 23.4 Å². The van der Waals surface area contributed by atoms with E-state index in [1.165, 1.54) is 0 Å². The largest absolute Gasteiger partial charge is 0.338 e. The number of hydrogen-bond donors (Lipinski definition) is 0. The van der Waals surface area contributed by atoms with Crippen LogP contribution < -0.4 is 0 Å². The normalized spacial score (nSPS) is 18.7. The van der Waals surface area contributed by atoms with Crippen molar-refractivity contribution in [1.82, 2.24) is 9.80 Å². The fraction of sp³-hybridized carbons (Fsp3) is 0.333. The summed E-state index contributed by atoms with van der Waals surface area (Å²) in [6, 6.07) is 16.6. The van der Waals surface area contributed by atoms with E-state index in [1.807, 2.05) is 64.0 Å². The van der Waals surface area contributed by atoms with Crippen LogP contribution in [0.2, 0.25) is 5.02 Å². The number of thioether (sulfide) groups is 1. The molecule has 2 aromatic rings. The molecular formula is C21H21ClN2O2S. The maximum absolute atomic E-state index is 13.0. The molecule has 1 spiro atoms. The van der Waals surface area contributed by atoms with Crippen molar-refractivity contribution >= 4 is 35.2 Å². The highest BCUT2D eigenvalue weighted by atomic mass is 35.5. The van der Waals surface area contributed by atoms with E-state index in [2.05, 4.69) is 0 Å². The van der Waals surface area contributed by atoms with Gasteiger partial charge in [-0.05, 0) is 37.1 Å². The minimum atomic E-state index is -0.204. The second kappa shape index (κ2) is 7.56. The van der Waals surface area contributed by atoms with Crippen LogP contribution in [0.1, 0.15) is 33.6 Å². The van der Waals surface area contributed by atoms with Crippen molar-refractivity contribution in [2.45, 2.75) is 17.7 Å². The van der Waals surface area contributed by atoms with Gasteiger partial charge in [-0.2, -0.15) is 0 Å². The first-order valence-corrected chi connectivity index (χ1v) is 10.5. The average molecular weight is 401 g/mol. The van der Waals surface area contributed by atoms with Gasteiger partial charge >= 0.3 is 0 Å². The summed E-state index contributed by atoms with van der Waals surface area (Å²) < 4.78 is 0. The Balaban J connectivity index is 1.48. The van der Waals surface area contributed by atoms with Crippen LogP contribution in [-0.2, 0) is 0 Å². The van der Waals surface area contributed by atoms with Crippen LogP contribution in [0.25, 0.3) is 0 Å². The second-order valence-corrected chi connectivity index (χ2v) is 8.75. The Labute approximate surface area is 168 Å². The van der Waals surface area contributed by atoms with Crippen molar-refractivity contribution in [1.29, 1.82) is 0 Å². The number of amides is 2. The number of halogens is 1. The Morgan fingerprint density at radius 3 is 2.26 bits per heavy atom. The number of nitrogens with zero attached hydrogens (tertiary/aromatic N) is 2. The molecule has 2 heterocycles. The van der Waals surface area contributed by atoms with Crippen molar-refractivity contribution in [2.75, 3.05) is 25.4 Å². The summed E-state index contributed by atoms with van der Waals surface area (Å²) in [4.78, 5) is 29.5. The van der Waals surface area contributed by atoms with Gasteiger partial charge in [-0.15, -0.1) is 11.8 Å². The van der Waals surface area contributed by atoms with E-state index in [9.17, 15) is 9.59 Å². The lowest BCUT2D eigenvalue weighted by Gasteiger charge is -2.44. The van der Waals surface area contributed by atoms with Gasteiger partial charge in [-0.25, -0.2) is 0 Å². The summed E-state index contributed by atoms with van der Waals surface area (Å²) in [6.07, 6.45) is 1.57. The molecule has 0 unspecified atom stereocenters. The summed E-state index contributed by atoms with van der Waals surface area (Å²) in [5, 5.41) is 0.485. The summed E-state index contributed by atoms with van der Waals surface area (Å²) in [7, 11) is 0. The first-order valence-electron chi connectivity index (χ1n) is 9.15. The molecule has 140 valence electrons. The highest BCUT2D eigenvalue weighted by Gasteiger charge is 2.47. The van der Waals surface area contributed by atoms with Gasteiger partial charge in [0.15, 0.2) is 0 Å². The topological polar surface area (TPSA) is 40.6 Å². The predicted molar refractivity (Wildman–Crippen MR) is 109 cm³/mol. The fourth-order valence-electron chi connectivity index (χ4n) is 3.91. The third-order valence-electron chi connectivity index (χ3n) is 5.38. The van der Waals surface area contributed by atoms with Gasteiger partial charge in [-0.3, -0.25) is 9.59 Å². The minimum Gasteiger partial charge on any atom is -0.338 e. The Morgan fingerprint density at radius 1 is 0.889 bits per heavy atom. The maximum atomic E-state index is 13.0. The Kier molecular flexibility index (Phi) is 5.15. The molecule has 2 saturated heterocycles. The average Bonchev–Trinajstić information content (AvgIpc) is 3.11. The molecule has 2 amide bonds. The molecule has 0 aromatic heterocycles. The van der Waals surface area contributed by atoms with E-state index < -0.39 is 0 Å². The Morgan fingerprint density at radius 2 is 1.56 bits per heavy atom. The molecule has 2 aliphatic heterocycles. The molecule has 0 aliphatic carbocycles. The lowest BCUT2D eigenvalue weighted by molar-refractivity contribution is 0.0498. The van der Waals surface area contributed by atoms with Crippen LogP contribution in [0.15, 0.2) is 54.6 Å². The molecule has 4 nitrogen and oxygen atoms in total. The summed E-state index contributed by atoms with van der Waals surface area (Å²) >= 11 is 8.04. The zero-order valence-corrected chi connectivity index (χ0v) is 16.5.